The first-order valence-corrected chi connectivity index (χ1v) is 15.9. The molecule has 2 aromatic carbocycles. The van der Waals surface area contributed by atoms with Crippen LogP contribution in [0, 0.1) is 0 Å². The Balaban J connectivity index is 1.85. The molecule has 0 N–H and O–H groups in total. The van der Waals surface area contributed by atoms with E-state index in [1.165, 1.54) is 12.1 Å². The summed E-state index contributed by atoms with van der Waals surface area (Å²) >= 11 is 0. The van der Waals surface area contributed by atoms with E-state index in [1.807, 2.05) is 0 Å². The van der Waals surface area contributed by atoms with Crippen LogP contribution in [0.2, 0.25) is 0 Å². The smallest absolute Gasteiger partial charge is 0.437 e. The zero-order chi connectivity index (χ0) is 30.5. The van der Waals surface area contributed by atoms with Crippen molar-refractivity contribution in [3.05, 3.63) is 59.7 Å². The van der Waals surface area contributed by atoms with Crippen LogP contribution in [0.25, 0.3) is 0 Å². The SMILES string of the molecule is CCCCS(=O)(=O)O/N=C(/c1ccc(OCCCOc2ccc(/C(C)=N/OS(=O)(=O)CCC)cc2)cc1)C(F)(F)F. The molecule has 0 unspecified atom stereocenters. The van der Waals surface area contributed by atoms with Crippen molar-refractivity contribution in [1.82, 2.24) is 0 Å². The van der Waals surface area contributed by atoms with Gasteiger partial charge in [0.25, 0.3) is 0 Å². The Labute approximate surface area is 238 Å². The summed E-state index contributed by atoms with van der Waals surface area (Å²) in [6.45, 7) is 5.57. The molecule has 15 heteroatoms. The van der Waals surface area contributed by atoms with Crippen LogP contribution >= 0.6 is 0 Å². The molecular weight excluding hydrogens is 589 g/mol. The summed E-state index contributed by atoms with van der Waals surface area (Å²) in [5.41, 5.74) is -0.816. The molecule has 0 amide bonds. The molecule has 0 aliphatic carbocycles. The lowest BCUT2D eigenvalue weighted by atomic mass is 10.1. The molecule has 0 aliphatic rings. The van der Waals surface area contributed by atoms with E-state index in [9.17, 15) is 30.0 Å². The summed E-state index contributed by atoms with van der Waals surface area (Å²) in [7, 11) is -7.92. The van der Waals surface area contributed by atoms with Crippen molar-refractivity contribution in [3.8, 4) is 11.5 Å². The minimum atomic E-state index is -4.94. The maximum atomic E-state index is 13.4. The Morgan fingerprint density at radius 3 is 1.68 bits per heavy atom. The fourth-order valence-electron chi connectivity index (χ4n) is 3.11. The normalized spacial score (nSPS) is 13.1. The third-order valence-electron chi connectivity index (χ3n) is 5.23. The monoisotopic (exact) mass is 622 g/mol. The van der Waals surface area contributed by atoms with Crippen LogP contribution in [0.15, 0.2) is 58.8 Å². The number of halogens is 3. The van der Waals surface area contributed by atoms with Gasteiger partial charge in [-0.25, -0.2) is 0 Å². The Kier molecular flexibility index (Phi) is 12.9. The van der Waals surface area contributed by atoms with Crippen molar-refractivity contribution >= 4 is 31.7 Å². The predicted molar refractivity (Wildman–Crippen MR) is 148 cm³/mol. The quantitative estimate of drug-likeness (QED) is 0.130. The van der Waals surface area contributed by atoms with E-state index in [4.69, 9.17) is 9.47 Å². The fraction of sp³-hybridized carbons (Fsp3) is 0.462. The highest BCUT2D eigenvalue weighted by Crippen LogP contribution is 2.25. The van der Waals surface area contributed by atoms with Gasteiger partial charge in [-0.15, -0.1) is 0 Å². The standard InChI is InChI=1S/C26H33F3N2O8S2/c1-4-6-19-41(34,35)39-31-25(26(27,28)29)22-10-14-24(15-11-22)37-17-7-16-36-23-12-8-21(9-13-23)20(3)30-38-40(32,33)18-5-2/h8-15H,4-7,16-19H2,1-3H3/b30-20+,31-25-. The molecular formula is C26H33F3N2O8S2. The number of hydrogen-bond donors (Lipinski definition) is 0. The molecule has 2 rings (SSSR count). The number of ether oxygens (including phenoxy) is 2. The Bertz CT molecular complexity index is 1380. The molecule has 0 radical (unpaired) electrons. The van der Waals surface area contributed by atoms with Gasteiger partial charge in [0.2, 0.25) is 0 Å². The van der Waals surface area contributed by atoms with Crippen LogP contribution < -0.4 is 9.47 Å². The van der Waals surface area contributed by atoms with Gasteiger partial charge in [-0.2, -0.15) is 30.0 Å². The Morgan fingerprint density at radius 1 is 0.707 bits per heavy atom. The van der Waals surface area contributed by atoms with Crippen LogP contribution in [0.1, 0.15) is 57.6 Å². The lowest BCUT2D eigenvalue weighted by Gasteiger charge is -2.12. The van der Waals surface area contributed by atoms with E-state index in [1.54, 1.807) is 45.0 Å². The molecule has 0 aromatic heterocycles. The summed E-state index contributed by atoms with van der Waals surface area (Å²) in [5, 5.41) is 6.55. The van der Waals surface area contributed by atoms with E-state index in [-0.39, 0.29) is 31.0 Å². The van der Waals surface area contributed by atoms with Gasteiger partial charge in [-0.1, -0.05) is 30.6 Å². The maximum Gasteiger partial charge on any atom is 0.437 e. The van der Waals surface area contributed by atoms with Gasteiger partial charge >= 0.3 is 26.4 Å². The van der Waals surface area contributed by atoms with Gasteiger partial charge < -0.3 is 9.47 Å². The van der Waals surface area contributed by atoms with Crippen molar-refractivity contribution in [3.63, 3.8) is 0 Å². The average Bonchev–Trinajstić information content (AvgIpc) is 2.91. The van der Waals surface area contributed by atoms with Gasteiger partial charge in [0.1, 0.15) is 11.5 Å². The summed E-state index contributed by atoms with van der Waals surface area (Å²) in [6, 6.07) is 11.6. The Morgan fingerprint density at radius 2 is 1.20 bits per heavy atom. The molecule has 41 heavy (non-hydrogen) atoms. The van der Waals surface area contributed by atoms with Crippen molar-refractivity contribution in [1.29, 1.82) is 0 Å². The van der Waals surface area contributed by atoms with E-state index < -0.39 is 37.9 Å². The topological polar surface area (TPSA) is 130 Å². The predicted octanol–water partition coefficient (Wildman–Crippen LogP) is 5.43. The first-order valence-electron chi connectivity index (χ1n) is 12.7. The third kappa shape index (κ3) is 12.4. The van der Waals surface area contributed by atoms with Crippen molar-refractivity contribution in [2.75, 3.05) is 24.7 Å². The molecule has 2 aromatic rings. The van der Waals surface area contributed by atoms with Crippen LogP contribution in [0.4, 0.5) is 13.2 Å². The van der Waals surface area contributed by atoms with E-state index in [0.717, 1.165) is 12.1 Å². The highest BCUT2D eigenvalue weighted by Gasteiger charge is 2.38. The van der Waals surface area contributed by atoms with Crippen molar-refractivity contribution in [2.45, 2.75) is 52.6 Å². The van der Waals surface area contributed by atoms with Gasteiger partial charge in [-0.3, -0.25) is 8.57 Å². The first kappa shape index (κ1) is 33.9. The van der Waals surface area contributed by atoms with Crippen LogP contribution in [0.3, 0.4) is 0 Å². The molecule has 0 spiro atoms. The largest absolute Gasteiger partial charge is 0.493 e. The number of unbranched alkanes of at least 4 members (excludes halogenated alkanes) is 1. The highest BCUT2D eigenvalue weighted by atomic mass is 32.2. The summed E-state index contributed by atoms with van der Waals surface area (Å²) < 4.78 is 107. The molecule has 0 saturated heterocycles. The second-order valence-electron chi connectivity index (χ2n) is 8.74. The van der Waals surface area contributed by atoms with Crippen LogP contribution in [0.5, 0.6) is 11.5 Å². The average molecular weight is 623 g/mol. The van der Waals surface area contributed by atoms with Crippen molar-refractivity contribution in [2.24, 2.45) is 10.3 Å². The van der Waals surface area contributed by atoms with Crippen molar-refractivity contribution < 1.29 is 48.0 Å². The molecule has 0 atom stereocenters. The van der Waals surface area contributed by atoms with Gasteiger partial charge in [0.15, 0.2) is 5.71 Å². The fourth-order valence-corrected chi connectivity index (χ4v) is 4.82. The minimum Gasteiger partial charge on any atom is -0.493 e. The molecule has 0 aliphatic heterocycles. The number of nitrogens with zero attached hydrogens (tertiary/aromatic N) is 2. The Hall–Kier alpha value is -3.33. The highest BCUT2D eigenvalue weighted by molar-refractivity contribution is 7.86. The number of benzene rings is 2. The van der Waals surface area contributed by atoms with Crippen LogP contribution in [-0.2, 0) is 28.8 Å². The maximum absolute atomic E-state index is 13.4. The first-order chi connectivity index (χ1) is 19.3. The lowest BCUT2D eigenvalue weighted by molar-refractivity contribution is -0.0597. The zero-order valence-electron chi connectivity index (χ0n) is 22.9. The molecule has 10 nitrogen and oxygen atoms in total. The van der Waals surface area contributed by atoms with E-state index in [2.05, 4.69) is 18.9 Å². The third-order valence-corrected chi connectivity index (χ3v) is 7.53. The van der Waals surface area contributed by atoms with E-state index >= 15 is 0 Å². The summed E-state index contributed by atoms with van der Waals surface area (Å²) in [6.07, 6.45) is -3.29. The molecule has 0 saturated carbocycles. The molecule has 228 valence electrons. The lowest BCUT2D eigenvalue weighted by Crippen LogP contribution is -2.25. The summed E-state index contributed by atoms with van der Waals surface area (Å²) in [5.74, 6) is 0.303. The molecule has 0 fully saturated rings. The molecule has 0 bridgehead atoms. The van der Waals surface area contributed by atoms with Crippen LogP contribution in [-0.4, -0.2) is 59.2 Å². The number of hydrogen-bond acceptors (Lipinski definition) is 10. The number of rotatable bonds is 17. The zero-order valence-corrected chi connectivity index (χ0v) is 24.5. The van der Waals surface area contributed by atoms with Gasteiger partial charge in [0, 0.05) is 12.0 Å². The minimum absolute atomic E-state index is 0.123. The van der Waals surface area contributed by atoms with E-state index in [0.29, 0.717) is 42.0 Å². The summed E-state index contributed by atoms with van der Waals surface area (Å²) in [4.78, 5) is 0. The van der Waals surface area contributed by atoms with Gasteiger partial charge in [-0.05, 0) is 73.9 Å². The number of oxime groups is 2. The second kappa shape index (κ2) is 15.6. The van der Waals surface area contributed by atoms with Gasteiger partial charge in [0.05, 0.1) is 30.4 Å². The molecule has 0 heterocycles. The second-order valence-corrected chi connectivity index (χ2v) is 12.1. The number of alkyl halides is 3.